The Balaban J connectivity index is 1.98. The predicted molar refractivity (Wildman–Crippen MR) is 79.6 cm³/mol. The summed E-state index contributed by atoms with van der Waals surface area (Å²) in [5.41, 5.74) is 0.873. The fraction of sp³-hybridized carbons (Fsp3) is 0.154. The molecule has 0 fully saturated rings. The number of nitrogens with zero attached hydrogens (tertiary/aromatic N) is 1. The Morgan fingerprint density at radius 1 is 1.19 bits per heavy atom. The topological polar surface area (TPSA) is 82.1 Å². The van der Waals surface area contributed by atoms with E-state index in [1.807, 2.05) is 0 Å². The first-order chi connectivity index (χ1) is 9.92. The van der Waals surface area contributed by atoms with Crippen molar-refractivity contribution in [3.8, 4) is 0 Å². The van der Waals surface area contributed by atoms with Gasteiger partial charge < -0.3 is 15.2 Å². The largest absolute Gasteiger partial charge is 0.550 e. The van der Waals surface area contributed by atoms with Crippen LogP contribution < -0.4 is 10.4 Å². The molecule has 5 nitrogen and oxygen atoms in total. The molecule has 1 N–H and O–H groups in total. The van der Waals surface area contributed by atoms with Gasteiger partial charge in [-0.1, -0.05) is 23.2 Å². The molecule has 1 aromatic heterocycles. The summed E-state index contributed by atoms with van der Waals surface area (Å²) in [5, 5.41) is 16.1. The van der Waals surface area contributed by atoms with E-state index in [1.54, 1.807) is 23.6 Å². The van der Waals surface area contributed by atoms with Gasteiger partial charge in [0.25, 0.3) is 0 Å². The molecule has 8 heteroatoms. The van der Waals surface area contributed by atoms with Crippen molar-refractivity contribution >= 4 is 52.1 Å². The summed E-state index contributed by atoms with van der Waals surface area (Å²) in [7, 11) is 0. The summed E-state index contributed by atoms with van der Waals surface area (Å²) < 4.78 is 0. The van der Waals surface area contributed by atoms with Crippen molar-refractivity contribution in [2.45, 2.75) is 12.8 Å². The van der Waals surface area contributed by atoms with Crippen LogP contribution in [0.25, 0.3) is 0 Å². The van der Waals surface area contributed by atoms with Gasteiger partial charge in [0.1, 0.15) is 5.01 Å². The number of benzene rings is 1. The molecule has 0 atom stereocenters. The number of carboxylic acid groups (broad SMARTS) is 1. The minimum Gasteiger partial charge on any atom is -0.550 e. The Morgan fingerprint density at radius 2 is 1.86 bits per heavy atom. The number of halogens is 2. The van der Waals surface area contributed by atoms with Crippen molar-refractivity contribution in [2.75, 3.05) is 5.32 Å². The van der Waals surface area contributed by atoms with E-state index in [9.17, 15) is 14.7 Å². The Hall–Kier alpha value is -1.63. The molecule has 0 saturated heterocycles. The highest BCUT2D eigenvalue weighted by Crippen LogP contribution is 2.22. The number of aromatic nitrogens is 1. The fourth-order valence-corrected chi connectivity index (χ4v) is 2.95. The van der Waals surface area contributed by atoms with E-state index in [0.717, 1.165) is 0 Å². The first-order valence-electron chi connectivity index (χ1n) is 5.81. The van der Waals surface area contributed by atoms with Crippen LogP contribution in [0.4, 0.5) is 5.69 Å². The van der Waals surface area contributed by atoms with Crippen LogP contribution in [0.15, 0.2) is 23.6 Å². The Morgan fingerprint density at radius 3 is 2.48 bits per heavy atom. The molecule has 0 bridgehead atoms. The van der Waals surface area contributed by atoms with Gasteiger partial charge in [-0.05, 0) is 18.2 Å². The molecule has 21 heavy (non-hydrogen) atoms. The summed E-state index contributed by atoms with van der Waals surface area (Å²) >= 11 is 12.9. The van der Waals surface area contributed by atoms with Gasteiger partial charge in [-0.25, -0.2) is 4.98 Å². The zero-order chi connectivity index (χ0) is 15.4. The van der Waals surface area contributed by atoms with Gasteiger partial charge in [-0.3, -0.25) is 4.79 Å². The second-order valence-corrected chi connectivity index (χ2v) is 5.98. The standard InChI is InChI=1S/C13H10Cl2N2O3S/c14-7-1-8(15)3-9(2-7)16-11(18)5-12-17-10(6-21-12)4-13(19)20/h1-3,6H,4-5H2,(H,16,18)(H,19,20)/p-1. The molecule has 0 radical (unpaired) electrons. The number of carbonyl (C=O) groups excluding carboxylic acids is 2. The van der Waals surface area contributed by atoms with Crippen molar-refractivity contribution in [1.29, 1.82) is 0 Å². The third kappa shape index (κ3) is 5.00. The summed E-state index contributed by atoms with van der Waals surface area (Å²) in [5.74, 6) is -1.49. The average molecular weight is 344 g/mol. The van der Waals surface area contributed by atoms with Gasteiger partial charge in [-0.2, -0.15) is 0 Å². The number of thiazole rings is 1. The Labute approximate surface area is 134 Å². The number of carbonyl (C=O) groups is 2. The van der Waals surface area contributed by atoms with Gasteiger partial charge in [0.2, 0.25) is 5.91 Å². The SMILES string of the molecule is O=C([O-])Cc1csc(CC(=O)Nc2cc(Cl)cc(Cl)c2)n1. The van der Waals surface area contributed by atoms with E-state index < -0.39 is 5.97 Å². The van der Waals surface area contributed by atoms with Crippen LogP contribution in [-0.2, 0) is 22.4 Å². The molecule has 2 aromatic rings. The minimum absolute atomic E-state index is 0.0435. The quantitative estimate of drug-likeness (QED) is 0.898. The lowest BCUT2D eigenvalue weighted by atomic mass is 10.3. The second-order valence-electron chi connectivity index (χ2n) is 4.16. The highest BCUT2D eigenvalue weighted by Gasteiger charge is 2.09. The normalized spacial score (nSPS) is 10.4. The Kier molecular flexibility index (Phi) is 5.17. The van der Waals surface area contributed by atoms with Crippen LogP contribution in [0.1, 0.15) is 10.7 Å². The zero-order valence-electron chi connectivity index (χ0n) is 10.6. The van der Waals surface area contributed by atoms with Crippen LogP contribution >= 0.6 is 34.5 Å². The molecule has 1 amide bonds. The number of anilines is 1. The van der Waals surface area contributed by atoms with Crippen molar-refractivity contribution in [2.24, 2.45) is 0 Å². The van der Waals surface area contributed by atoms with Crippen LogP contribution in [0.3, 0.4) is 0 Å². The number of hydrogen-bond acceptors (Lipinski definition) is 5. The minimum atomic E-state index is -1.20. The molecule has 0 aliphatic heterocycles. The van der Waals surface area contributed by atoms with Crippen LogP contribution in [0, 0.1) is 0 Å². The molecular weight excluding hydrogens is 335 g/mol. The number of aliphatic carboxylic acids is 1. The van der Waals surface area contributed by atoms with Crippen molar-refractivity contribution in [3.05, 3.63) is 44.3 Å². The first-order valence-corrected chi connectivity index (χ1v) is 7.45. The number of amides is 1. The van der Waals surface area contributed by atoms with Gasteiger partial charge in [0.15, 0.2) is 0 Å². The lowest BCUT2D eigenvalue weighted by Crippen LogP contribution is -2.24. The van der Waals surface area contributed by atoms with Gasteiger partial charge in [0, 0.05) is 33.5 Å². The number of rotatable bonds is 5. The average Bonchev–Trinajstić information content (AvgIpc) is 2.73. The Bertz CT molecular complexity index is 668. The zero-order valence-corrected chi connectivity index (χ0v) is 12.9. The molecule has 1 heterocycles. The molecule has 0 spiro atoms. The maximum atomic E-state index is 11.9. The van der Waals surface area contributed by atoms with Crippen molar-refractivity contribution in [1.82, 2.24) is 4.98 Å². The molecule has 0 unspecified atom stereocenters. The molecular formula is C13H9Cl2N2O3S-. The first kappa shape index (κ1) is 15.8. The monoisotopic (exact) mass is 343 g/mol. The highest BCUT2D eigenvalue weighted by atomic mass is 35.5. The lowest BCUT2D eigenvalue weighted by molar-refractivity contribution is -0.304. The van der Waals surface area contributed by atoms with Gasteiger partial charge >= 0.3 is 0 Å². The van der Waals surface area contributed by atoms with Crippen molar-refractivity contribution in [3.63, 3.8) is 0 Å². The van der Waals surface area contributed by atoms with E-state index in [2.05, 4.69) is 10.3 Å². The van der Waals surface area contributed by atoms with Crippen LogP contribution in [-0.4, -0.2) is 16.9 Å². The molecule has 0 aliphatic rings. The molecule has 0 aliphatic carbocycles. The van der Waals surface area contributed by atoms with E-state index in [-0.39, 0.29) is 18.7 Å². The van der Waals surface area contributed by atoms with Gasteiger partial charge in [0.05, 0.1) is 12.1 Å². The summed E-state index contributed by atoms with van der Waals surface area (Å²) in [4.78, 5) is 26.4. The molecule has 1 aromatic carbocycles. The second kappa shape index (κ2) is 6.89. The van der Waals surface area contributed by atoms with E-state index in [4.69, 9.17) is 23.2 Å². The smallest absolute Gasteiger partial charge is 0.231 e. The highest BCUT2D eigenvalue weighted by molar-refractivity contribution is 7.09. The third-order valence-electron chi connectivity index (χ3n) is 2.38. The van der Waals surface area contributed by atoms with Crippen molar-refractivity contribution < 1.29 is 14.7 Å². The van der Waals surface area contributed by atoms with E-state index in [0.29, 0.717) is 26.4 Å². The van der Waals surface area contributed by atoms with E-state index >= 15 is 0 Å². The van der Waals surface area contributed by atoms with Crippen LogP contribution in [0.2, 0.25) is 10.0 Å². The third-order valence-corrected chi connectivity index (χ3v) is 3.72. The molecule has 110 valence electrons. The fourth-order valence-electron chi connectivity index (χ4n) is 1.63. The van der Waals surface area contributed by atoms with Gasteiger partial charge in [-0.15, -0.1) is 11.3 Å². The maximum Gasteiger partial charge on any atom is 0.231 e. The van der Waals surface area contributed by atoms with E-state index in [1.165, 1.54) is 11.3 Å². The number of carboxylic acids is 1. The number of hydrogen-bond donors (Lipinski definition) is 1. The molecule has 2 rings (SSSR count). The molecule has 0 saturated carbocycles. The lowest BCUT2D eigenvalue weighted by Gasteiger charge is -2.05. The summed E-state index contributed by atoms with van der Waals surface area (Å²) in [6.45, 7) is 0. The summed E-state index contributed by atoms with van der Waals surface area (Å²) in [6, 6.07) is 4.72. The predicted octanol–water partition coefficient (Wildman–Crippen LogP) is 1.92. The maximum absolute atomic E-state index is 11.9. The number of nitrogens with one attached hydrogen (secondary N) is 1. The van der Waals surface area contributed by atoms with Crippen LogP contribution in [0.5, 0.6) is 0 Å². The summed E-state index contributed by atoms with van der Waals surface area (Å²) in [6.07, 6.45) is -0.218.